The van der Waals surface area contributed by atoms with Crippen LogP contribution in [0.15, 0.2) is 255 Å². The minimum Gasteiger partial charge on any atom is -0.478 e. The Balaban J connectivity index is 0.000000153. The molecule has 15 rings (SSSR count). The third kappa shape index (κ3) is 22.6. The summed E-state index contributed by atoms with van der Waals surface area (Å²) < 4.78 is 213. The van der Waals surface area contributed by atoms with Gasteiger partial charge in [-0.3, -0.25) is 0 Å². The van der Waals surface area contributed by atoms with Gasteiger partial charge in [0.2, 0.25) is 0 Å². The number of hydrogen-bond acceptors (Lipinski definition) is 17. The van der Waals surface area contributed by atoms with Crippen molar-refractivity contribution in [2.24, 2.45) is 0 Å². The number of halogens is 7. The van der Waals surface area contributed by atoms with E-state index in [0.29, 0.717) is 77.5 Å². The van der Waals surface area contributed by atoms with Crippen LogP contribution < -0.4 is 0 Å². The first-order valence-electron chi connectivity index (χ1n) is 38.5. The molecule has 3 aliphatic carbocycles. The first-order chi connectivity index (χ1) is 59.4. The lowest BCUT2D eigenvalue weighted by molar-refractivity contribution is -0.137. The molecule has 0 unspecified atom stereocenters. The van der Waals surface area contributed by atoms with E-state index in [1.165, 1.54) is 145 Å². The third-order valence-corrected chi connectivity index (χ3v) is 30.2. The number of sulfone groups is 5. The van der Waals surface area contributed by atoms with Gasteiger partial charge in [0, 0.05) is 11.1 Å². The maximum Gasteiger partial charge on any atom is 0.416 e. The molecule has 11 aromatic carbocycles. The summed E-state index contributed by atoms with van der Waals surface area (Å²) in [7, 11) is -19.7. The second kappa shape index (κ2) is 37.8. The van der Waals surface area contributed by atoms with Crippen LogP contribution in [-0.2, 0) is 84.8 Å². The van der Waals surface area contributed by atoms with Crippen molar-refractivity contribution >= 4 is 96.0 Å². The monoisotopic (exact) mass is 1850 g/mol. The van der Waals surface area contributed by atoms with Gasteiger partial charge in [0.25, 0.3) is 0 Å². The summed E-state index contributed by atoms with van der Waals surface area (Å²) in [4.78, 5) is 46.1. The van der Waals surface area contributed by atoms with Crippen molar-refractivity contribution in [2.75, 3.05) is 6.26 Å². The SMILES string of the molecule is CCc1ccc(C(=O)O)cc1S(=O)(=O)Cc1cc(C#N)ccc1-c1ccc(Cl)s1.CS(=O)(=O)c1ccc(-c2cccc(F)c2)c(CS(=O)(=O)c2cc(C(=O)O)ccc2C2CC2)c1.N#Cc1ccc(-c2cccc(F)c2)c(CS(=O)(=O)c2cc(C(=O)O)ccc2C2CC2)c1.O=C(O)c1ccc(C2CC2)c(S(=O)(=O)Cc2cc(C(F)(F)F)ccc2-c2cccc(F)c2)c1. The van der Waals surface area contributed by atoms with Crippen LogP contribution in [0.1, 0.15) is 166 Å². The Kier molecular flexibility index (Phi) is 27.8. The quantitative estimate of drug-likeness (QED) is 0.0386. The highest BCUT2D eigenvalue weighted by Crippen LogP contribution is 2.48. The van der Waals surface area contributed by atoms with Crippen molar-refractivity contribution in [1.82, 2.24) is 0 Å². The van der Waals surface area contributed by atoms with Gasteiger partial charge in [-0.1, -0.05) is 103 Å². The fourth-order valence-electron chi connectivity index (χ4n) is 14.3. The lowest BCUT2D eigenvalue weighted by Crippen LogP contribution is -2.12. The highest BCUT2D eigenvalue weighted by atomic mass is 35.5. The van der Waals surface area contributed by atoms with Crippen molar-refractivity contribution in [3.05, 3.63) is 336 Å². The number of aromatic carboxylic acids is 4. The van der Waals surface area contributed by atoms with Gasteiger partial charge >= 0.3 is 30.1 Å². The molecule has 4 N–H and O–H groups in total. The molecule has 0 aliphatic heterocycles. The molecule has 0 spiro atoms. The Bertz CT molecular complexity index is 7080. The van der Waals surface area contributed by atoms with Gasteiger partial charge in [0.05, 0.1) is 103 Å². The number of alkyl halides is 3. The molecule has 3 fully saturated rings. The Morgan fingerprint density at radius 3 is 1.06 bits per heavy atom. The summed E-state index contributed by atoms with van der Waals surface area (Å²) in [6.07, 6.45) is 1.58. The number of carboxylic acids is 4. The maximum absolute atomic E-state index is 13.9. The minimum absolute atomic E-state index is 0.00227. The van der Waals surface area contributed by atoms with Gasteiger partial charge in [-0.2, -0.15) is 23.7 Å². The van der Waals surface area contributed by atoms with Crippen LogP contribution in [0.2, 0.25) is 4.34 Å². The van der Waals surface area contributed by atoms with E-state index in [4.69, 9.17) is 11.6 Å². The van der Waals surface area contributed by atoms with E-state index >= 15 is 0 Å². The van der Waals surface area contributed by atoms with Gasteiger partial charge in [-0.15, -0.1) is 11.3 Å². The second-order valence-corrected chi connectivity index (χ2v) is 41.6. The lowest BCUT2D eigenvalue weighted by Gasteiger charge is -2.16. The Hall–Kier alpha value is -12.4. The minimum atomic E-state index is -4.71. The largest absolute Gasteiger partial charge is 0.478 e. The van der Waals surface area contributed by atoms with Crippen LogP contribution in [0.3, 0.4) is 0 Å². The first-order valence-corrected chi connectivity index (χ1v) is 48.2. The van der Waals surface area contributed by atoms with E-state index in [1.807, 2.05) is 19.1 Å². The van der Waals surface area contributed by atoms with E-state index in [0.717, 1.165) is 86.1 Å². The molecule has 1 aromatic heterocycles. The van der Waals surface area contributed by atoms with Crippen LogP contribution in [0, 0.1) is 40.1 Å². The van der Waals surface area contributed by atoms with Crippen LogP contribution in [0.25, 0.3) is 43.8 Å². The summed E-state index contributed by atoms with van der Waals surface area (Å²) in [6.45, 7) is 1.81. The van der Waals surface area contributed by atoms with Crippen molar-refractivity contribution in [3.8, 4) is 56.0 Å². The number of thiophene rings is 1. The lowest BCUT2D eigenvalue weighted by atomic mass is 9.98. The molecule has 0 atom stereocenters. The number of nitrogens with zero attached hydrogens (tertiary/aromatic N) is 2. The van der Waals surface area contributed by atoms with Crippen LogP contribution >= 0.6 is 22.9 Å². The van der Waals surface area contributed by atoms with Gasteiger partial charge < -0.3 is 20.4 Å². The first kappa shape index (κ1) is 92.8. The smallest absolute Gasteiger partial charge is 0.416 e. The number of carboxylic acid groups (broad SMARTS) is 4. The molecule has 20 nitrogen and oxygen atoms in total. The normalized spacial score (nSPS) is 13.4. The number of benzene rings is 11. The number of rotatable bonds is 25. The molecule has 0 saturated heterocycles. The van der Waals surface area contributed by atoms with E-state index in [2.05, 4.69) is 0 Å². The number of carbonyl (C=O) groups is 4. The van der Waals surface area contributed by atoms with Crippen molar-refractivity contribution in [1.29, 1.82) is 10.5 Å². The van der Waals surface area contributed by atoms with Gasteiger partial charge in [-0.25, -0.2) is 74.4 Å². The zero-order valence-corrected chi connectivity index (χ0v) is 72.1. The Morgan fingerprint density at radius 1 is 0.397 bits per heavy atom. The summed E-state index contributed by atoms with van der Waals surface area (Å²) in [5.41, 5.74) is 4.92. The summed E-state index contributed by atoms with van der Waals surface area (Å²) in [5.74, 6) is -8.59. The molecule has 0 bridgehead atoms. The second-order valence-electron chi connectivity index (χ2n) is 30.1. The van der Waals surface area contributed by atoms with Crippen LogP contribution in [0.5, 0.6) is 0 Å². The number of nitriles is 2. The summed E-state index contributed by atoms with van der Waals surface area (Å²) in [5, 5.41) is 55.8. The molecule has 3 aliphatic rings. The highest BCUT2D eigenvalue weighted by molar-refractivity contribution is 7.92. The fourth-order valence-corrected chi connectivity index (χ4v) is 22.9. The van der Waals surface area contributed by atoms with Gasteiger partial charge in [-0.05, 0) is 292 Å². The molecule has 648 valence electrons. The maximum atomic E-state index is 13.9. The van der Waals surface area contributed by atoms with Crippen molar-refractivity contribution in [3.63, 3.8) is 0 Å². The molecular formula is C93H73ClF6N2O18S6. The number of aryl methyl sites for hydroxylation is 1. The van der Waals surface area contributed by atoms with E-state index in [9.17, 15) is 119 Å². The molecule has 0 amide bonds. The fraction of sp³-hybridized carbons (Fsp3) is 0.183. The average Bonchev–Trinajstić information content (AvgIpc) is 1.77. The summed E-state index contributed by atoms with van der Waals surface area (Å²) >= 11 is 7.34. The molecule has 126 heavy (non-hydrogen) atoms. The molecule has 12 aromatic rings. The topological polar surface area (TPSA) is 367 Å². The van der Waals surface area contributed by atoms with Crippen LogP contribution in [-0.4, -0.2) is 92.6 Å². The standard InChI is InChI=1S/C24H18F4O4S.C24H18FNO4S.C24H21FO6S2.C21H16ClNO4S2/c25-19-3-1-2-15(11-19)20-9-7-18(24(26,27)28)10-17(20)13-33(31,32)22-12-16(23(29)30)6-8-21(22)14-4-5-14;25-20-3-1-2-17(11-20)21-8-4-15(13-26)10-19(21)14-31(29,30)23-12-18(24(27)28)7-9-22(23)16-5-6-16;1-32(28,29)20-8-10-21(16-3-2-4-19(25)11-16)18(12-20)14-33(30,31)23-13-17(24(26)27)7-9-22(23)15-5-6-15;1-2-14-4-5-15(21(24)25)10-19(14)29(26,27)12-16-9-13(11-23)3-6-17(16)18-7-8-20(22)28-18/h1-3,6-12,14H,4-5,13H2,(H,29,30);1-4,7-12,16H,5-6,14H2,(H,27,28);2-4,7-13,15H,5-6,14H2,1H3,(H,26,27);3-10H,2,12H2,1H3,(H,24,25). The molecular weight excluding hydrogens is 1770 g/mol. The Labute approximate surface area is 730 Å². The van der Waals surface area contributed by atoms with Crippen LogP contribution in [0.4, 0.5) is 26.3 Å². The molecule has 1 heterocycles. The molecule has 0 radical (unpaired) electrons. The zero-order chi connectivity index (χ0) is 91.3. The number of hydrogen-bond donors (Lipinski definition) is 4. The predicted octanol–water partition coefficient (Wildman–Crippen LogP) is 20.6. The predicted molar refractivity (Wildman–Crippen MR) is 460 cm³/mol. The highest BCUT2D eigenvalue weighted by Gasteiger charge is 2.37. The van der Waals surface area contributed by atoms with E-state index < -0.39 is 120 Å². The average molecular weight is 1850 g/mol. The van der Waals surface area contributed by atoms with E-state index in [-0.39, 0.29) is 98.1 Å². The molecule has 33 heteroatoms. The van der Waals surface area contributed by atoms with Crippen molar-refractivity contribution in [2.45, 2.75) is 123 Å². The van der Waals surface area contributed by atoms with Gasteiger partial charge in [0.1, 0.15) is 17.5 Å². The molecule has 3 saturated carbocycles. The van der Waals surface area contributed by atoms with Crippen molar-refractivity contribution < 1.29 is 108 Å². The third-order valence-electron chi connectivity index (χ3n) is 20.9. The summed E-state index contributed by atoms with van der Waals surface area (Å²) in [6, 6.07) is 56.6. The Morgan fingerprint density at radius 2 is 0.730 bits per heavy atom. The van der Waals surface area contributed by atoms with Gasteiger partial charge in [0.15, 0.2) is 49.2 Å². The van der Waals surface area contributed by atoms with E-state index in [1.54, 1.807) is 60.7 Å². The zero-order valence-electron chi connectivity index (χ0n) is 66.4.